The summed E-state index contributed by atoms with van der Waals surface area (Å²) in [5, 5.41) is 12.7. The van der Waals surface area contributed by atoms with Crippen molar-refractivity contribution < 1.29 is 14.7 Å². The molecule has 0 saturated heterocycles. The number of hydrogen-bond acceptors (Lipinski definition) is 3. The zero-order chi connectivity index (χ0) is 14.5. The second kappa shape index (κ2) is 6.16. The number of carbonyl (C=O) groups excluding carboxylic acids is 1. The average molecular weight is 336 g/mol. The number of carboxylic acids is 1. The Balaban J connectivity index is 2.07. The molecule has 1 amide bonds. The zero-order valence-electron chi connectivity index (χ0n) is 10.1. The number of benzene rings is 1. The van der Waals surface area contributed by atoms with Gasteiger partial charge in [0.05, 0.1) is 11.8 Å². The largest absolute Gasteiger partial charge is 0.478 e. The standard InChI is InChI=1S/C13H10BrN3O3/c14-9-5-11(15-7-9)12(18)17-16-6-8-3-1-2-4-10(8)13(19)20/h1-7,15H,(H,17,18)(H,19,20). The number of amides is 1. The van der Waals surface area contributed by atoms with Gasteiger partial charge in [0.15, 0.2) is 0 Å². The fourth-order valence-electron chi connectivity index (χ4n) is 1.52. The van der Waals surface area contributed by atoms with Crippen LogP contribution in [-0.4, -0.2) is 28.2 Å². The highest BCUT2D eigenvalue weighted by Gasteiger charge is 2.08. The van der Waals surface area contributed by atoms with Crippen molar-refractivity contribution in [2.75, 3.05) is 0 Å². The van der Waals surface area contributed by atoms with Crippen LogP contribution in [0.25, 0.3) is 0 Å². The number of nitrogens with zero attached hydrogens (tertiary/aromatic N) is 1. The minimum absolute atomic E-state index is 0.119. The molecule has 0 aliphatic rings. The lowest BCUT2D eigenvalue weighted by molar-refractivity contribution is 0.0696. The third-order valence-corrected chi connectivity index (χ3v) is 2.91. The molecule has 0 atom stereocenters. The van der Waals surface area contributed by atoms with Gasteiger partial charge in [0.2, 0.25) is 0 Å². The lowest BCUT2D eigenvalue weighted by Crippen LogP contribution is -2.18. The van der Waals surface area contributed by atoms with E-state index in [1.54, 1.807) is 30.5 Å². The predicted molar refractivity (Wildman–Crippen MR) is 77.0 cm³/mol. The van der Waals surface area contributed by atoms with Gasteiger partial charge < -0.3 is 10.1 Å². The molecule has 0 fully saturated rings. The van der Waals surface area contributed by atoms with Gasteiger partial charge in [0.1, 0.15) is 5.69 Å². The molecule has 1 heterocycles. The number of carbonyl (C=O) groups is 2. The van der Waals surface area contributed by atoms with E-state index in [2.05, 4.69) is 31.4 Å². The third kappa shape index (κ3) is 3.33. The Bertz CT molecular complexity index is 679. The third-order valence-electron chi connectivity index (χ3n) is 2.45. The summed E-state index contributed by atoms with van der Waals surface area (Å²) in [7, 11) is 0. The van der Waals surface area contributed by atoms with Crippen molar-refractivity contribution in [2.45, 2.75) is 0 Å². The van der Waals surface area contributed by atoms with Crippen molar-refractivity contribution in [1.29, 1.82) is 0 Å². The van der Waals surface area contributed by atoms with Gasteiger partial charge in [0, 0.05) is 16.2 Å². The first kappa shape index (κ1) is 14.0. The lowest BCUT2D eigenvalue weighted by atomic mass is 10.1. The van der Waals surface area contributed by atoms with E-state index < -0.39 is 11.9 Å². The second-order valence-electron chi connectivity index (χ2n) is 3.82. The smallest absolute Gasteiger partial charge is 0.336 e. The minimum Gasteiger partial charge on any atom is -0.478 e. The Morgan fingerprint density at radius 1 is 1.35 bits per heavy atom. The molecule has 0 radical (unpaired) electrons. The first-order valence-electron chi connectivity index (χ1n) is 5.57. The molecule has 1 aromatic heterocycles. The second-order valence-corrected chi connectivity index (χ2v) is 4.74. The molecule has 20 heavy (non-hydrogen) atoms. The molecule has 6 nitrogen and oxygen atoms in total. The number of halogens is 1. The number of aromatic amines is 1. The van der Waals surface area contributed by atoms with Gasteiger partial charge in [-0.2, -0.15) is 5.10 Å². The summed E-state index contributed by atoms with van der Waals surface area (Å²) >= 11 is 3.22. The van der Waals surface area contributed by atoms with Crippen LogP contribution in [0.3, 0.4) is 0 Å². The molecule has 7 heteroatoms. The maximum atomic E-state index is 11.7. The number of aromatic nitrogens is 1. The number of hydrogen-bond donors (Lipinski definition) is 3. The summed E-state index contributed by atoms with van der Waals surface area (Å²) in [6.07, 6.45) is 2.91. The van der Waals surface area contributed by atoms with Gasteiger partial charge in [-0.05, 0) is 28.1 Å². The summed E-state index contributed by atoms with van der Waals surface area (Å²) in [4.78, 5) is 25.4. The predicted octanol–water partition coefficient (Wildman–Crippen LogP) is 2.24. The molecule has 0 unspecified atom stereocenters. The molecular weight excluding hydrogens is 326 g/mol. The number of carboxylic acid groups (broad SMARTS) is 1. The summed E-state index contributed by atoms with van der Waals surface area (Å²) in [5.74, 6) is -1.47. The van der Waals surface area contributed by atoms with Gasteiger partial charge in [0.25, 0.3) is 5.91 Å². The Hall–Kier alpha value is -2.41. The number of hydrazone groups is 1. The van der Waals surface area contributed by atoms with Crippen molar-refractivity contribution in [3.8, 4) is 0 Å². The normalized spacial score (nSPS) is 10.7. The molecule has 102 valence electrons. The number of nitrogens with one attached hydrogen (secondary N) is 2. The summed E-state index contributed by atoms with van der Waals surface area (Å²) in [6.45, 7) is 0. The van der Waals surface area contributed by atoms with Crippen LogP contribution in [0.4, 0.5) is 0 Å². The van der Waals surface area contributed by atoms with E-state index in [0.29, 0.717) is 11.3 Å². The fraction of sp³-hybridized carbons (Fsp3) is 0. The SMILES string of the molecule is O=C(NN=Cc1ccccc1C(=O)O)c1cc(Br)c[nH]1. The van der Waals surface area contributed by atoms with Crippen LogP contribution < -0.4 is 5.43 Å². The quantitative estimate of drug-likeness (QED) is 0.590. The van der Waals surface area contributed by atoms with E-state index in [0.717, 1.165) is 4.47 Å². The molecule has 0 aliphatic carbocycles. The Kier molecular flexibility index (Phi) is 4.31. The maximum Gasteiger partial charge on any atom is 0.336 e. The van der Waals surface area contributed by atoms with Gasteiger partial charge in [-0.3, -0.25) is 4.79 Å². The molecule has 0 aliphatic heterocycles. The van der Waals surface area contributed by atoms with Crippen LogP contribution in [-0.2, 0) is 0 Å². The van der Waals surface area contributed by atoms with Crippen molar-refractivity contribution in [3.63, 3.8) is 0 Å². The Morgan fingerprint density at radius 3 is 2.75 bits per heavy atom. The van der Waals surface area contributed by atoms with Gasteiger partial charge in [-0.25, -0.2) is 10.2 Å². The van der Waals surface area contributed by atoms with Crippen LogP contribution in [0.2, 0.25) is 0 Å². The summed E-state index contributed by atoms with van der Waals surface area (Å²) in [6, 6.07) is 7.99. The minimum atomic E-state index is -1.05. The fourth-order valence-corrected chi connectivity index (χ4v) is 1.87. The highest BCUT2D eigenvalue weighted by Crippen LogP contribution is 2.10. The first-order chi connectivity index (χ1) is 9.58. The van der Waals surface area contributed by atoms with Crippen LogP contribution in [0.1, 0.15) is 26.4 Å². The molecule has 1 aromatic carbocycles. The highest BCUT2D eigenvalue weighted by molar-refractivity contribution is 9.10. The van der Waals surface area contributed by atoms with Crippen molar-refractivity contribution >= 4 is 34.0 Å². The lowest BCUT2D eigenvalue weighted by Gasteiger charge is -2.00. The first-order valence-corrected chi connectivity index (χ1v) is 6.37. The van der Waals surface area contributed by atoms with E-state index >= 15 is 0 Å². The monoisotopic (exact) mass is 335 g/mol. The molecule has 0 bridgehead atoms. The van der Waals surface area contributed by atoms with Gasteiger partial charge in [-0.15, -0.1) is 0 Å². The molecule has 2 rings (SSSR count). The number of H-pyrrole nitrogens is 1. The molecule has 3 N–H and O–H groups in total. The zero-order valence-corrected chi connectivity index (χ0v) is 11.7. The van der Waals surface area contributed by atoms with Crippen LogP contribution in [0, 0.1) is 0 Å². The molecular formula is C13H10BrN3O3. The van der Waals surface area contributed by atoms with Crippen LogP contribution >= 0.6 is 15.9 Å². The van der Waals surface area contributed by atoms with Crippen molar-refractivity contribution in [1.82, 2.24) is 10.4 Å². The Labute approximate surface area is 122 Å². The summed E-state index contributed by atoms with van der Waals surface area (Å²) < 4.78 is 0.753. The molecule has 2 aromatic rings. The number of rotatable bonds is 4. The van der Waals surface area contributed by atoms with E-state index in [1.165, 1.54) is 12.3 Å². The average Bonchev–Trinajstić information content (AvgIpc) is 2.86. The van der Waals surface area contributed by atoms with Gasteiger partial charge >= 0.3 is 5.97 Å². The molecule has 0 spiro atoms. The van der Waals surface area contributed by atoms with Gasteiger partial charge in [-0.1, -0.05) is 18.2 Å². The number of aromatic carboxylic acids is 1. The van der Waals surface area contributed by atoms with E-state index in [4.69, 9.17) is 5.11 Å². The van der Waals surface area contributed by atoms with Crippen LogP contribution in [0.15, 0.2) is 46.1 Å². The topological polar surface area (TPSA) is 94.6 Å². The van der Waals surface area contributed by atoms with E-state index in [-0.39, 0.29) is 5.56 Å². The van der Waals surface area contributed by atoms with E-state index in [9.17, 15) is 9.59 Å². The van der Waals surface area contributed by atoms with E-state index in [1.807, 2.05) is 0 Å². The molecule has 0 saturated carbocycles. The van der Waals surface area contributed by atoms with Crippen molar-refractivity contribution in [2.24, 2.45) is 5.10 Å². The van der Waals surface area contributed by atoms with Crippen molar-refractivity contribution in [3.05, 3.63) is 57.8 Å². The summed E-state index contributed by atoms with van der Waals surface area (Å²) in [5.41, 5.74) is 3.19. The maximum absolute atomic E-state index is 11.7. The van der Waals surface area contributed by atoms with Crippen LogP contribution in [0.5, 0.6) is 0 Å². The Morgan fingerprint density at radius 2 is 2.10 bits per heavy atom. The highest BCUT2D eigenvalue weighted by atomic mass is 79.9.